The first-order valence-electron chi connectivity index (χ1n) is 8.63. The van der Waals surface area contributed by atoms with Gasteiger partial charge in [0.05, 0.1) is 12.7 Å². The number of rotatable bonds is 4. The minimum absolute atomic E-state index is 0.0493. The Kier molecular flexibility index (Phi) is 5.41. The van der Waals surface area contributed by atoms with E-state index in [2.05, 4.69) is 44.8 Å². The molecule has 8 heteroatoms. The van der Waals surface area contributed by atoms with Crippen molar-refractivity contribution < 1.29 is 14.3 Å². The number of nitrogens with zero attached hydrogens (tertiary/aromatic N) is 1. The second-order valence-corrected chi connectivity index (χ2v) is 13.1. The molecule has 0 amide bonds. The lowest BCUT2D eigenvalue weighted by molar-refractivity contribution is -0.0888. The number of aromatic nitrogens is 2. The molecule has 0 radical (unpaired) electrons. The minimum Gasteiger partial charge on any atom is -0.410 e. The molecule has 1 aliphatic rings. The van der Waals surface area contributed by atoms with Crippen LogP contribution in [0.2, 0.25) is 18.1 Å². The van der Waals surface area contributed by atoms with E-state index in [1.807, 2.05) is 0 Å². The average molecular weight is 381 g/mol. The number of hydrogen-bond acceptors (Lipinski definition) is 5. The first kappa shape index (κ1) is 20.6. The van der Waals surface area contributed by atoms with E-state index in [-0.39, 0.29) is 5.04 Å². The van der Waals surface area contributed by atoms with Gasteiger partial charge in [-0.1, -0.05) is 26.7 Å². The van der Waals surface area contributed by atoms with Gasteiger partial charge in [-0.05, 0) is 25.1 Å². The Bertz CT molecular complexity index is 830. The number of aliphatic hydroxyl groups is 1. The highest BCUT2D eigenvalue weighted by Crippen LogP contribution is 2.44. The van der Waals surface area contributed by atoms with Gasteiger partial charge in [-0.3, -0.25) is 14.3 Å². The fourth-order valence-corrected chi connectivity index (χ4v) is 4.05. The number of nitrogens with one attached hydrogen (secondary N) is 1. The van der Waals surface area contributed by atoms with E-state index >= 15 is 0 Å². The molecule has 2 heterocycles. The van der Waals surface area contributed by atoms with Crippen LogP contribution in [-0.2, 0) is 9.16 Å². The van der Waals surface area contributed by atoms with Gasteiger partial charge in [0.1, 0.15) is 6.23 Å². The molecule has 0 bridgehead atoms. The van der Waals surface area contributed by atoms with Crippen molar-refractivity contribution in [2.24, 2.45) is 0 Å². The summed E-state index contributed by atoms with van der Waals surface area (Å²) in [6.07, 6.45) is 6.16. The van der Waals surface area contributed by atoms with E-state index < -0.39 is 44.1 Å². The summed E-state index contributed by atoms with van der Waals surface area (Å²) in [5.41, 5.74) is -1.97. The summed E-state index contributed by atoms with van der Waals surface area (Å²) in [6, 6.07) is 0. The van der Waals surface area contributed by atoms with Gasteiger partial charge >= 0.3 is 5.69 Å². The lowest BCUT2D eigenvalue weighted by Crippen LogP contribution is -2.51. The molecule has 26 heavy (non-hydrogen) atoms. The van der Waals surface area contributed by atoms with Crippen LogP contribution in [0, 0.1) is 19.3 Å². The third kappa shape index (κ3) is 3.57. The van der Waals surface area contributed by atoms with E-state index in [1.165, 1.54) is 10.8 Å². The molecule has 7 nitrogen and oxygen atoms in total. The SMILES string of the molecule is C#C[C@@]1(CO)O[C@H](n2cc(C)c(=O)[nH]c2=O)C[C@H]1O[Si](C)(C)C(C)(C)C. The van der Waals surface area contributed by atoms with E-state index in [1.54, 1.807) is 6.92 Å². The highest BCUT2D eigenvalue weighted by Gasteiger charge is 2.52. The van der Waals surface area contributed by atoms with Gasteiger partial charge in [0.15, 0.2) is 13.9 Å². The van der Waals surface area contributed by atoms with Crippen molar-refractivity contribution in [3.8, 4) is 12.3 Å². The maximum absolute atomic E-state index is 12.2. The molecule has 0 unspecified atom stereocenters. The Morgan fingerprint density at radius 1 is 1.50 bits per heavy atom. The highest BCUT2D eigenvalue weighted by atomic mass is 28.4. The van der Waals surface area contributed by atoms with Crippen molar-refractivity contribution in [3.63, 3.8) is 0 Å². The van der Waals surface area contributed by atoms with Gasteiger partial charge in [0.2, 0.25) is 0 Å². The predicted octanol–water partition coefficient (Wildman–Crippen LogP) is 1.52. The lowest BCUT2D eigenvalue weighted by atomic mass is 9.99. The Hall–Kier alpha value is -1.66. The molecule has 2 N–H and O–H groups in total. The van der Waals surface area contributed by atoms with Gasteiger partial charge in [-0.25, -0.2) is 4.79 Å². The van der Waals surface area contributed by atoms with Crippen molar-refractivity contribution >= 4 is 8.32 Å². The molecule has 1 fully saturated rings. The van der Waals surface area contributed by atoms with E-state index in [0.717, 1.165) is 0 Å². The fourth-order valence-electron chi connectivity index (χ4n) is 2.70. The molecular formula is C18H28N2O5Si. The van der Waals surface area contributed by atoms with Crippen LogP contribution in [0.15, 0.2) is 15.8 Å². The number of terminal acetylenes is 1. The van der Waals surface area contributed by atoms with Crippen molar-refractivity contribution in [1.29, 1.82) is 0 Å². The molecule has 1 aromatic rings. The second-order valence-electron chi connectivity index (χ2n) is 8.35. The zero-order valence-corrected chi connectivity index (χ0v) is 17.3. The van der Waals surface area contributed by atoms with Crippen molar-refractivity contribution in [3.05, 3.63) is 32.6 Å². The summed E-state index contributed by atoms with van der Waals surface area (Å²) >= 11 is 0. The van der Waals surface area contributed by atoms with Gasteiger partial charge in [0.25, 0.3) is 5.56 Å². The summed E-state index contributed by atoms with van der Waals surface area (Å²) in [6.45, 7) is 11.7. The van der Waals surface area contributed by atoms with Crippen LogP contribution in [0.5, 0.6) is 0 Å². The zero-order chi connectivity index (χ0) is 19.9. The fraction of sp³-hybridized carbons (Fsp3) is 0.667. The molecule has 3 atom stereocenters. The topological polar surface area (TPSA) is 93.5 Å². The van der Waals surface area contributed by atoms with Crippen LogP contribution in [0.25, 0.3) is 0 Å². The summed E-state index contributed by atoms with van der Waals surface area (Å²) < 4.78 is 13.7. The molecule has 1 aromatic heterocycles. The van der Waals surface area contributed by atoms with Gasteiger partial charge in [-0.2, -0.15) is 0 Å². The Balaban J connectivity index is 2.42. The van der Waals surface area contributed by atoms with Crippen molar-refractivity contribution in [1.82, 2.24) is 9.55 Å². The number of hydrogen-bond donors (Lipinski definition) is 2. The standard InChI is InChI=1S/C18H28N2O5Si/c1-8-18(11-21)13(25-26(6,7)17(3,4)5)9-14(24-18)20-10-12(2)15(22)19-16(20)23/h1,10,13-14,21H,9,11H2,2-7H3,(H,19,22,23)/t13-,14+,18+/m1/s1. The van der Waals surface area contributed by atoms with Crippen molar-refractivity contribution in [2.75, 3.05) is 6.61 Å². The zero-order valence-electron chi connectivity index (χ0n) is 16.3. The number of aliphatic hydroxyl groups excluding tert-OH is 1. The smallest absolute Gasteiger partial charge is 0.330 e. The number of aryl methyl sites for hydroxylation is 1. The summed E-state index contributed by atoms with van der Waals surface area (Å²) in [5, 5.41) is 9.89. The second kappa shape index (κ2) is 6.81. The van der Waals surface area contributed by atoms with Crippen LogP contribution in [0.4, 0.5) is 0 Å². The molecule has 1 saturated heterocycles. The van der Waals surface area contributed by atoms with Gasteiger partial charge < -0.3 is 14.3 Å². The van der Waals surface area contributed by atoms with Crippen molar-refractivity contribution in [2.45, 2.75) is 70.2 Å². The van der Waals surface area contributed by atoms with E-state index in [9.17, 15) is 14.7 Å². The molecule has 0 saturated carbocycles. The predicted molar refractivity (Wildman–Crippen MR) is 102 cm³/mol. The molecule has 1 aliphatic heterocycles. The monoisotopic (exact) mass is 380 g/mol. The average Bonchev–Trinajstić information content (AvgIpc) is 2.88. The Morgan fingerprint density at radius 3 is 2.62 bits per heavy atom. The third-order valence-corrected chi connectivity index (χ3v) is 9.95. The van der Waals surface area contributed by atoms with E-state index in [4.69, 9.17) is 15.6 Å². The molecule has 0 spiro atoms. The summed E-state index contributed by atoms with van der Waals surface area (Å²) in [7, 11) is -2.19. The van der Waals surface area contributed by atoms with Crippen LogP contribution in [-0.4, -0.2) is 41.3 Å². The van der Waals surface area contributed by atoms with Gasteiger partial charge in [-0.15, -0.1) is 6.42 Å². The largest absolute Gasteiger partial charge is 0.410 e. The maximum atomic E-state index is 12.2. The first-order chi connectivity index (χ1) is 11.9. The lowest BCUT2D eigenvalue weighted by Gasteiger charge is -2.41. The Labute approximate surface area is 154 Å². The molecule has 144 valence electrons. The first-order valence-corrected chi connectivity index (χ1v) is 11.5. The molecule has 0 aliphatic carbocycles. The van der Waals surface area contributed by atoms with Crippen LogP contribution < -0.4 is 11.2 Å². The quantitative estimate of drug-likeness (QED) is 0.610. The normalized spacial score (nSPS) is 26.7. The molecule has 2 rings (SSSR count). The highest BCUT2D eigenvalue weighted by molar-refractivity contribution is 6.74. The maximum Gasteiger partial charge on any atom is 0.330 e. The number of ether oxygens (including phenoxy) is 1. The third-order valence-electron chi connectivity index (χ3n) is 5.46. The van der Waals surface area contributed by atoms with Crippen LogP contribution >= 0.6 is 0 Å². The van der Waals surface area contributed by atoms with Gasteiger partial charge in [0, 0.05) is 18.2 Å². The minimum atomic E-state index is -2.19. The Morgan fingerprint density at radius 2 is 2.12 bits per heavy atom. The summed E-state index contributed by atoms with van der Waals surface area (Å²) in [5.74, 6) is 2.53. The van der Waals surface area contributed by atoms with Crippen LogP contribution in [0.1, 0.15) is 39.0 Å². The molecular weight excluding hydrogens is 352 g/mol. The summed E-state index contributed by atoms with van der Waals surface area (Å²) in [4.78, 5) is 26.1. The number of H-pyrrole nitrogens is 1. The van der Waals surface area contributed by atoms with E-state index in [0.29, 0.717) is 12.0 Å². The number of aromatic amines is 1. The van der Waals surface area contributed by atoms with Crippen LogP contribution in [0.3, 0.4) is 0 Å². The molecule has 0 aromatic carbocycles.